The van der Waals surface area contributed by atoms with Gasteiger partial charge in [-0.15, -0.1) is 11.3 Å². The molecule has 0 aliphatic carbocycles. The number of carbonyl (C=O) groups excluding carboxylic acids is 1. The fourth-order valence-electron chi connectivity index (χ4n) is 3.49. The molecule has 0 saturated carbocycles. The summed E-state index contributed by atoms with van der Waals surface area (Å²) in [6.07, 6.45) is 0. The molecule has 0 atom stereocenters. The Labute approximate surface area is 205 Å². The van der Waals surface area contributed by atoms with E-state index in [1.807, 2.05) is 42.6 Å². The number of para-hydroxylation sites is 1. The van der Waals surface area contributed by atoms with E-state index >= 15 is 0 Å². The first-order chi connectivity index (χ1) is 16.7. The summed E-state index contributed by atoms with van der Waals surface area (Å²) >= 11 is 1.37. The molecule has 3 heterocycles. The van der Waals surface area contributed by atoms with Gasteiger partial charge in [0.05, 0.1) is 10.6 Å². The van der Waals surface area contributed by atoms with Gasteiger partial charge in [-0.3, -0.25) is 4.79 Å². The van der Waals surface area contributed by atoms with Crippen LogP contribution in [0.15, 0.2) is 75.4 Å². The second-order valence-electron chi connectivity index (χ2n) is 8.01. The number of fused-ring (bicyclic) bond motifs is 1. The van der Waals surface area contributed by atoms with E-state index < -0.39 is 15.9 Å². The number of furan rings is 1. The molecule has 0 saturated heterocycles. The van der Waals surface area contributed by atoms with Crippen molar-refractivity contribution in [3.63, 3.8) is 0 Å². The summed E-state index contributed by atoms with van der Waals surface area (Å²) in [7, 11) is -0.662. The largest absolute Gasteiger partial charge is 0.454 e. The van der Waals surface area contributed by atoms with Crippen molar-refractivity contribution in [2.75, 3.05) is 19.4 Å². The summed E-state index contributed by atoms with van der Waals surface area (Å²) in [5.41, 5.74) is 2.47. The third kappa shape index (κ3) is 4.36. The molecule has 1 N–H and O–H groups in total. The van der Waals surface area contributed by atoms with Gasteiger partial charge in [-0.25, -0.2) is 17.7 Å². The van der Waals surface area contributed by atoms with Gasteiger partial charge >= 0.3 is 0 Å². The van der Waals surface area contributed by atoms with Gasteiger partial charge in [0.15, 0.2) is 5.76 Å². The third-order valence-electron chi connectivity index (χ3n) is 5.32. The second kappa shape index (κ2) is 8.77. The molecule has 3 aromatic heterocycles. The number of nitrogens with zero attached hydrogens (tertiary/aromatic N) is 4. The van der Waals surface area contributed by atoms with Crippen LogP contribution in [0, 0.1) is 6.92 Å². The minimum atomic E-state index is -3.57. The van der Waals surface area contributed by atoms with Gasteiger partial charge in [-0.05, 0) is 43.3 Å². The van der Waals surface area contributed by atoms with Crippen molar-refractivity contribution >= 4 is 44.1 Å². The summed E-state index contributed by atoms with van der Waals surface area (Å²) in [4.78, 5) is 17.7. The van der Waals surface area contributed by atoms with E-state index in [9.17, 15) is 13.2 Å². The lowest BCUT2D eigenvalue weighted by Crippen LogP contribution is -2.22. The number of amides is 1. The summed E-state index contributed by atoms with van der Waals surface area (Å²) in [5, 5.41) is 10.8. The number of hydrogen-bond acceptors (Lipinski definition) is 7. The predicted molar refractivity (Wildman–Crippen MR) is 134 cm³/mol. The van der Waals surface area contributed by atoms with Crippen molar-refractivity contribution in [3.05, 3.63) is 77.3 Å². The number of hydrogen-bond donors (Lipinski definition) is 1. The highest BCUT2D eigenvalue weighted by Crippen LogP contribution is 2.30. The summed E-state index contributed by atoms with van der Waals surface area (Å²) in [6, 6.07) is 17.2. The number of anilines is 1. The quantitative estimate of drug-likeness (QED) is 0.361. The predicted octanol–water partition coefficient (Wildman–Crippen LogP) is 4.55. The zero-order valence-corrected chi connectivity index (χ0v) is 20.7. The lowest BCUT2D eigenvalue weighted by atomic mass is 10.2. The van der Waals surface area contributed by atoms with Gasteiger partial charge < -0.3 is 9.73 Å². The average Bonchev–Trinajstić information content (AvgIpc) is 3.56. The van der Waals surface area contributed by atoms with Gasteiger partial charge in [0, 0.05) is 36.5 Å². The van der Waals surface area contributed by atoms with Crippen molar-refractivity contribution in [1.82, 2.24) is 19.1 Å². The van der Waals surface area contributed by atoms with Crippen LogP contribution in [0.25, 0.3) is 27.6 Å². The normalized spacial score (nSPS) is 11.9. The van der Waals surface area contributed by atoms with Crippen LogP contribution >= 0.6 is 11.3 Å². The molecule has 0 unspecified atom stereocenters. The van der Waals surface area contributed by atoms with Gasteiger partial charge in [0.25, 0.3) is 5.91 Å². The summed E-state index contributed by atoms with van der Waals surface area (Å²) in [5.74, 6) is 0.702. The molecule has 0 fully saturated rings. The topological polar surface area (TPSA) is 110 Å². The van der Waals surface area contributed by atoms with E-state index in [0.29, 0.717) is 33.7 Å². The Morgan fingerprint density at radius 3 is 2.54 bits per heavy atom. The number of sulfonamides is 1. The molecule has 5 aromatic rings. The number of aromatic nitrogens is 3. The van der Waals surface area contributed by atoms with E-state index in [-0.39, 0.29) is 4.90 Å². The first-order valence-electron chi connectivity index (χ1n) is 10.6. The lowest BCUT2D eigenvalue weighted by Gasteiger charge is -2.11. The number of nitrogens with one attached hydrogen (secondary N) is 1. The van der Waals surface area contributed by atoms with E-state index in [2.05, 4.69) is 15.4 Å². The lowest BCUT2D eigenvalue weighted by molar-refractivity contribution is 0.102. The molecule has 11 heteroatoms. The number of thiazole rings is 1. The standard InChI is InChI=1S/C24H21N5O4S2/c1-15-12-22(26-23(30)16-8-10-18(11-9-16)35(31,32)28(2)3)29(27-15)24-25-19(14-34-24)21-13-17-6-4-5-7-20(17)33-21/h4-14H,1-3H3,(H,26,30). The molecule has 178 valence electrons. The zero-order chi connectivity index (χ0) is 24.7. The van der Waals surface area contributed by atoms with Gasteiger partial charge in [0.1, 0.15) is 17.1 Å². The van der Waals surface area contributed by atoms with Gasteiger partial charge in [-0.1, -0.05) is 18.2 Å². The maximum atomic E-state index is 12.9. The number of benzene rings is 2. The fourth-order valence-corrected chi connectivity index (χ4v) is 5.17. The Hall–Kier alpha value is -3.80. The zero-order valence-electron chi connectivity index (χ0n) is 19.1. The molecule has 0 aliphatic rings. The molecule has 0 radical (unpaired) electrons. The number of aryl methyl sites for hydroxylation is 1. The molecule has 9 nitrogen and oxygen atoms in total. The van der Waals surface area contributed by atoms with Crippen LogP contribution in [0.3, 0.4) is 0 Å². The Balaban J connectivity index is 1.40. The number of rotatable bonds is 6. The highest BCUT2D eigenvalue weighted by atomic mass is 32.2. The van der Waals surface area contributed by atoms with Crippen molar-refractivity contribution < 1.29 is 17.6 Å². The Kier molecular flexibility index (Phi) is 5.75. The SMILES string of the molecule is Cc1cc(NC(=O)c2ccc(S(=O)(=O)N(C)C)cc2)n(-c2nc(-c3cc4ccccc4o3)cs2)n1. The summed E-state index contributed by atoms with van der Waals surface area (Å²) in [6.45, 7) is 1.82. The molecule has 5 rings (SSSR count). The van der Waals surface area contributed by atoms with Crippen LogP contribution in [0.2, 0.25) is 0 Å². The summed E-state index contributed by atoms with van der Waals surface area (Å²) < 4.78 is 33.1. The second-order valence-corrected chi connectivity index (χ2v) is 11.0. The van der Waals surface area contributed by atoms with Crippen molar-refractivity contribution in [1.29, 1.82) is 0 Å². The van der Waals surface area contributed by atoms with Crippen LogP contribution in [0.4, 0.5) is 5.82 Å². The first-order valence-corrected chi connectivity index (χ1v) is 12.9. The minimum Gasteiger partial charge on any atom is -0.454 e. The molecule has 2 aromatic carbocycles. The van der Waals surface area contributed by atoms with Crippen molar-refractivity contribution in [3.8, 4) is 16.6 Å². The molecular weight excluding hydrogens is 486 g/mol. The maximum Gasteiger partial charge on any atom is 0.256 e. The number of carbonyl (C=O) groups is 1. The van der Waals surface area contributed by atoms with Crippen LogP contribution in [-0.2, 0) is 10.0 Å². The highest BCUT2D eigenvalue weighted by Gasteiger charge is 2.19. The first kappa shape index (κ1) is 23.0. The molecular formula is C24H21N5O4S2. The minimum absolute atomic E-state index is 0.112. The van der Waals surface area contributed by atoms with Crippen LogP contribution < -0.4 is 5.32 Å². The van der Waals surface area contributed by atoms with E-state index in [0.717, 1.165) is 15.3 Å². The van der Waals surface area contributed by atoms with Crippen LogP contribution in [0.1, 0.15) is 16.1 Å². The molecule has 0 bridgehead atoms. The molecule has 0 aliphatic heterocycles. The molecule has 1 amide bonds. The van der Waals surface area contributed by atoms with E-state index in [4.69, 9.17) is 4.42 Å². The Morgan fingerprint density at radius 2 is 1.83 bits per heavy atom. The maximum absolute atomic E-state index is 12.9. The molecule has 0 spiro atoms. The van der Waals surface area contributed by atoms with E-state index in [1.54, 1.807) is 10.7 Å². The van der Waals surface area contributed by atoms with Crippen molar-refractivity contribution in [2.24, 2.45) is 0 Å². The third-order valence-corrected chi connectivity index (χ3v) is 7.96. The molecule has 35 heavy (non-hydrogen) atoms. The smallest absolute Gasteiger partial charge is 0.256 e. The average molecular weight is 508 g/mol. The fraction of sp³-hybridized carbons (Fsp3) is 0.125. The van der Waals surface area contributed by atoms with Crippen molar-refractivity contribution in [2.45, 2.75) is 11.8 Å². The van der Waals surface area contributed by atoms with Gasteiger partial charge in [-0.2, -0.15) is 9.78 Å². The Bertz CT molecular complexity index is 1610. The van der Waals surface area contributed by atoms with Crippen LogP contribution in [0.5, 0.6) is 0 Å². The highest BCUT2D eigenvalue weighted by molar-refractivity contribution is 7.89. The van der Waals surface area contributed by atoms with Gasteiger partial charge in [0.2, 0.25) is 15.2 Å². The monoisotopic (exact) mass is 507 g/mol. The Morgan fingerprint density at radius 1 is 1.09 bits per heavy atom. The van der Waals surface area contributed by atoms with Crippen LogP contribution in [-0.4, -0.2) is 47.5 Å². The van der Waals surface area contributed by atoms with E-state index in [1.165, 1.54) is 49.7 Å².